The summed E-state index contributed by atoms with van der Waals surface area (Å²) in [5.74, 6) is 0.386. The zero-order chi connectivity index (χ0) is 20.5. The van der Waals surface area contributed by atoms with Crippen LogP contribution in [0.1, 0.15) is 23.6 Å². The Labute approximate surface area is 164 Å². The highest BCUT2D eigenvalue weighted by molar-refractivity contribution is 6.10. The van der Waals surface area contributed by atoms with Gasteiger partial charge in [0.2, 0.25) is 0 Å². The molecule has 0 saturated heterocycles. The quantitative estimate of drug-likeness (QED) is 0.579. The van der Waals surface area contributed by atoms with Crippen LogP contribution in [0.25, 0.3) is 6.08 Å². The molecule has 1 N–H and O–H groups in total. The number of benzene rings is 2. The second-order valence-corrected chi connectivity index (χ2v) is 5.96. The number of anilines is 1. The van der Waals surface area contributed by atoms with Crippen molar-refractivity contribution < 1.29 is 14.3 Å². The van der Waals surface area contributed by atoms with Crippen molar-refractivity contribution in [2.75, 3.05) is 18.5 Å². The summed E-state index contributed by atoms with van der Waals surface area (Å²) in [6.07, 6.45) is 1.48. The van der Waals surface area contributed by atoms with Crippen LogP contribution >= 0.6 is 0 Å². The van der Waals surface area contributed by atoms with Crippen LogP contribution in [0.5, 0.6) is 11.5 Å². The first-order chi connectivity index (χ1) is 13.5. The third-order valence-electron chi connectivity index (χ3n) is 4.09. The van der Waals surface area contributed by atoms with E-state index in [2.05, 4.69) is 5.32 Å². The normalized spacial score (nSPS) is 10.5. The van der Waals surface area contributed by atoms with Gasteiger partial charge in [-0.25, -0.2) is 0 Å². The van der Waals surface area contributed by atoms with Crippen molar-refractivity contribution in [2.45, 2.75) is 20.8 Å². The number of carbonyl (C=O) groups excluding carboxylic acids is 1. The predicted octanol–water partition coefficient (Wildman–Crippen LogP) is 4.15. The number of amides is 1. The van der Waals surface area contributed by atoms with E-state index in [0.29, 0.717) is 29.4 Å². The Bertz CT molecular complexity index is 981. The number of carbonyl (C=O) groups is 1. The fourth-order valence-electron chi connectivity index (χ4n) is 2.50. The molecule has 6 heteroatoms. The average Bonchev–Trinajstić information content (AvgIpc) is 2.69. The molecule has 0 aromatic heterocycles. The molecule has 2 aromatic rings. The predicted molar refractivity (Wildman–Crippen MR) is 107 cm³/mol. The van der Waals surface area contributed by atoms with Crippen LogP contribution in [0.2, 0.25) is 0 Å². The molecule has 0 spiro atoms. The number of rotatable bonds is 7. The minimum absolute atomic E-state index is 0.0333. The number of nitrogens with zero attached hydrogens (tertiary/aromatic N) is 2. The first kappa shape index (κ1) is 20.5. The lowest BCUT2D eigenvalue weighted by Crippen LogP contribution is -2.14. The second kappa shape index (κ2) is 9.80. The number of hydrogen-bond donors (Lipinski definition) is 1. The molecular weight excluding hydrogens is 354 g/mol. The number of ether oxygens (including phenoxy) is 2. The number of nitrogens with one attached hydrogen (secondary N) is 1. The fraction of sp³-hybridized carbons (Fsp3) is 0.227. The van der Waals surface area contributed by atoms with Gasteiger partial charge in [-0.1, -0.05) is 18.2 Å². The number of aryl methyl sites for hydroxylation is 1. The van der Waals surface area contributed by atoms with E-state index in [1.54, 1.807) is 24.3 Å². The SMILES string of the molecule is CCOc1cc(/C=C(\C#N)C(=O)Nc2cccc(C)c2C)ccc1OCC#N. The lowest BCUT2D eigenvalue weighted by molar-refractivity contribution is -0.112. The summed E-state index contributed by atoms with van der Waals surface area (Å²) < 4.78 is 10.9. The van der Waals surface area contributed by atoms with Gasteiger partial charge < -0.3 is 14.8 Å². The molecule has 0 radical (unpaired) electrons. The molecule has 2 rings (SSSR count). The topological polar surface area (TPSA) is 95.1 Å². The smallest absolute Gasteiger partial charge is 0.266 e. The molecule has 142 valence electrons. The van der Waals surface area contributed by atoms with E-state index in [9.17, 15) is 10.1 Å². The highest BCUT2D eigenvalue weighted by Gasteiger charge is 2.13. The third-order valence-corrected chi connectivity index (χ3v) is 4.09. The molecule has 0 unspecified atom stereocenters. The Morgan fingerprint density at radius 1 is 1.14 bits per heavy atom. The Kier molecular flexibility index (Phi) is 7.19. The summed E-state index contributed by atoms with van der Waals surface area (Å²) in [6, 6.07) is 14.4. The summed E-state index contributed by atoms with van der Waals surface area (Å²) in [5, 5.41) is 20.9. The van der Waals surface area contributed by atoms with Crippen LogP contribution < -0.4 is 14.8 Å². The maximum Gasteiger partial charge on any atom is 0.266 e. The standard InChI is InChI=1S/C22H21N3O3/c1-4-27-21-13-17(8-9-20(21)28-11-10-23)12-18(14-24)22(26)25-19-7-5-6-15(2)16(19)3/h5-9,12-13H,4,11H2,1-3H3,(H,25,26)/b18-12+. The number of nitriles is 2. The maximum atomic E-state index is 12.5. The highest BCUT2D eigenvalue weighted by Crippen LogP contribution is 2.29. The van der Waals surface area contributed by atoms with Gasteiger partial charge in [0.15, 0.2) is 18.1 Å². The van der Waals surface area contributed by atoms with Gasteiger partial charge in [-0.3, -0.25) is 4.79 Å². The second-order valence-electron chi connectivity index (χ2n) is 5.96. The summed E-state index contributed by atoms with van der Waals surface area (Å²) >= 11 is 0. The molecule has 0 aliphatic carbocycles. The summed E-state index contributed by atoms with van der Waals surface area (Å²) in [5.41, 5.74) is 3.25. The van der Waals surface area contributed by atoms with E-state index >= 15 is 0 Å². The summed E-state index contributed by atoms with van der Waals surface area (Å²) in [7, 11) is 0. The van der Waals surface area contributed by atoms with Crippen LogP contribution in [0.4, 0.5) is 5.69 Å². The largest absolute Gasteiger partial charge is 0.490 e. The molecule has 0 saturated carbocycles. The molecule has 0 fully saturated rings. The molecule has 6 nitrogen and oxygen atoms in total. The van der Waals surface area contributed by atoms with E-state index in [-0.39, 0.29) is 12.2 Å². The molecule has 2 aromatic carbocycles. The van der Waals surface area contributed by atoms with Gasteiger partial charge in [0.1, 0.15) is 17.7 Å². The molecule has 0 aliphatic heterocycles. The van der Waals surface area contributed by atoms with Crippen LogP contribution in [0, 0.1) is 36.5 Å². The zero-order valence-electron chi connectivity index (χ0n) is 16.1. The van der Waals surface area contributed by atoms with Crippen LogP contribution in [0.15, 0.2) is 42.0 Å². The van der Waals surface area contributed by atoms with E-state index < -0.39 is 5.91 Å². The van der Waals surface area contributed by atoms with Crippen molar-refractivity contribution in [1.82, 2.24) is 0 Å². The van der Waals surface area contributed by atoms with E-state index in [4.69, 9.17) is 14.7 Å². The molecule has 1 amide bonds. The Balaban J connectivity index is 2.29. The van der Waals surface area contributed by atoms with Crippen LogP contribution in [0.3, 0.4) is 0 Å². The lowest BCUT2D eigenvalue weighted by atomic mass is 10.1. The lowest BCUT2D eigenvalue weighted by Gasteiger charge is -2.11. The Hall–Kier alpha value is -3.77. The van der Waals surface area contributed by atoms with Gasteiger partial charge in [0, 0.05) is 5.69 Å². The van der Waals surface area contributed by atoms with Crippen molar-refractivity contribution >= 4 is 17.7 Å². The molecule has 0 bridgehead atoms. The van der Waals surface area contributed by atoms with Gasteiger partial charge in [0.05, 0.1) is 6.61 Å². The monoisotopic (exact) mass is 375 g/mol. The van der Waals surface area contributed by atoms with Crippen LogP contribution in [-0.2, 0) is 4.79 Å². The first-order valence-corrected chi connectivity index (χ1v) is 8.76. The van der Waals surface area contributed by atoms with Crippen molar-refractivity contribution in [3.05, 3.63) is 58.7 Å². The van der Waals surface area contributed by atoms with Crippen molar-refractivity contribution in [2.24, 2.45) is 0 Å². The van der Waals surface area contributed by atoms with Crippen molar-refractivity contribution in [3.8, 4) is 23.6 Å². The van der Waals surface area contributed by atoms with Crippen LogP contribution in [-0.4, -0.2) is 19.1 Å². The van der Waals surface area contributed by atoms with Crippen molar-refractivity contribution in [1.29, 1.82) is 10.5 Å². The molecule has 28 heavy (non-hydrogen) atoms. The minimum atomic E-state index is -0.487. The molecule has 0 atom stereocenters. The van der Waals surface area contributed by atoms with Gasteiger partial charge in [0.25, 0.3) is 5.91 Å². The number of hydrogen-bond acceptors (Lipinski definition) is 5. The summed E-state index contributed by atoms with van der Waals surface area (Å²) in [6.45, 7) is 6.01. The van der Waals surface area contributed by atoms with E-state index in [1.165, 1.54) is 6.08 Å². The first-order valence-electron chi connectivity index (χ1n) is 8.76. The van der Waals surface area contributed by atoms with Gasteiger partial charge in [-0.15, -0.1) is 0 Å². The van der Waals surface area contributed by atoms with Gasteiger partial charge in [-0.05, 0) is 61.7 Å². The minimum Gasteiger partial charge on any atom is -0.490 e. The molecule has 0 aliphatic rings. The van der Waals surface area contributed by atoms with E-state index in [1.807, 2.05) is 45.0 Å². The average molecular weight is 375 g/mol. The van der Waals surface area contributed by atoms with Gasteiger partial charge >= 0.3 is 0 Å². The fourth-order valence-corrected chi connectivity index (χ4v) is 2.50. The molecule has 0 heterocycles. The zero-order valence-corrected chi connectivity index (χ0v) is 16.1. The Morgan fingerprint density at radius 2 is 1.93 bits per heavy atom. The third kappa shape index (κ3) is 5.12. The molecular formula is C22H21N3O3. The Morgan fingerprint density at radius 3 is 2.61 bits per heavy atom. The van der Waals surface area contributed by atoms with E-state index in [0.717, 1.165) is 11.1 Å². The highest BCUT2D eigenvalue weighted by atomic mass is 16.5. The van der Waals surface area contributed by atoms with Crippen molar-refractivity contribution in [3.63, 3.8) is 0 Å². The van der Waals surface area contributed by atoms with Gasteiger partial charge in [-0.2, -0.15) is 10.5 Å². The summed E-state index contributed by atoms with van der Waals surface area (Å²) in [4.78, 5) is 12.5. The maximum absolute atomic E-state index is 12.5.